The topological polar surface area (TPSA) is 63.2 Å². The lowest BCUT2D eigenvalue weighted by atomic mass is 10.1. The number of pyridine rings is 1. The van der Waals surface area contributed by atoms with Gasteiger partial charge in [0.15, 0.2) is 6.61 Å². The van der Waals surface area contributed by atoms with Crippen molar-refractivity contribution in [2.75, 3.05) is 17.2 Å². The van der Waals surface area contributed by atoms with Crippen molar-refractivity contribution in [3.8, 4) is 5.75 Å². The smallest absolute Gasteiger partial charge is 0.262 e. The van der Waals surface area contributed by atoms with E-state index in [1.165, 1.54) is 0 Å². The van der Waals surface area contributed by atoms with Gasteiger partial charge in [0.2, 0.25) is 0 Å². The predicted molar refractivity (Wildman–Crippen MR) is 81.9 cm³/mol. The summed E-state index contributed by atoms with van der Waals surface area (Å²) in [7, 11) is 0. The second-order valence-corrected chi connectivity index (χ2v) is 5.22. The van der Waals surface area contributed by atoms with Gasteiger partial charge in [0, 0.05) is 6.04 Å². The van der Waals surface area contributed by atoms with Gasteiger partial charge < -0.3 is 15.4 Å². The van der Waals surface area contributed by atoms with E-state index < -0.39 is 0 Å². The van der Waals surface area contributed by atoms with E-state index in [1.54, 1.807) is 12.3 Å². The minimum atomic E-state index is -0.137. The number of carbonyl (C=O) groups is 1. The maximum Gasteiger partial charge on any atom is 0.262 e. The number of benzene rings is 1. The van der Waals surface area contributed by atoms with Crippen molar-refractivity contribution in [2.45, 2.75) is 13.0 Å². The Morgan fingerprint density at radius 3 is 3.00 bits per heavy atom. The maximum absolute atomic E-state index is 11.4. The lowest BCUT2D eigenvalue weighted by molar-refractivity contribution is -0.118. The second-order valence-electron chi connectivity index (χ2n) is 4.83. The molecule has 2 heterocycles. The highest BCUT2D eigenvalue weighted by Gasteiger charge is 2.17. The number of carbonyl (C=O) groups excluding carboxylic acids is 1. The Kier molecular flexibility index (Phi) is 3.66. The van der Waals surface area contributed by atoms with Gasteiger partial charge in [-0.3, -0.25) is 4.79 Å². The van der Waals surface area contributed by atoms with Crippen LogP contribution in [-0.2, 0) is 4.79 Å². The van der Waals surface area contributed by atoms with Crippen molar-refractivity contribution in [3.05, 3.63) is 47.2 Å². The fraction of sp³-hybridized carbons (Fsp3) is 0.200. The van der Waals surface area contributed by atoms with Gasteiger partial charge in [-0.05, 0) is 36.8 Å². The number of halogens is 1. The predicted octanol–water partition coefficient (Wildman–Crippen LogP) is 3.24. The monoisotopic (exact) mass is 303 g/mol. The molecule has 2 N–H and O–H groups in total. The minimum Gasteiger partial charge on any atom is -0.482 e. The van der Waals surface area contributed by atoms with Gasteiger partial charge in [0.1, 0.15) is 10.9 Å². The number of hydrogen-bond acceptors (Lipinski definition) is 4. The highest BCUT2D eigenvalue weighted by molar-refractivity contribution is 6.29. The van der Waals surface area contributed by atoms with Gasteiger partial charge in [-0.2, -0.15) is 0 Å². The Bertz CT molecular complexity index is 673. The third-order valence-electron chi connectivity index (χ3n) is 3.25. The van der Waals surface area contributed by atoms with Crippen LogP contribution in [0.15, 0.2) is 36.5 Å². The average molecular weight is 304 g/mol. The second kappa shape index (κ2) is 5.61. The van der Waals surface area contributed by atoms with Crippen molar-refractivity contribution >= 4 is 28.9 Å². The van der Waals surface area contributed by atoms with E-state index in [2.05, 4.69) is 15.6 Å². The first-order valence-corrected chi connectivity index (χ1v) is 6.94. The zero-order valence-electron chi connectivity index (χ0n) is 11.4. The van der Waals surface area contributed by atoms with E-state index in [0.29, 0.717) is 16.6 Å². The third kappa shape index (κ3) is 3.08. The Balaban J connectivity index is 1.78. The van der Waals surface area contributed by atoms with Crippen molar-refractivity contribution in [1.29, 1.82) is 0 Å². The first-order valence-electron chi connectivity index (χ1n) is 6.56. The lowest BCUT2D eigenvalue weighted by Crippen LogP contribution is -2.25. The number of nitrogens with one attached hydrogen (secondary N) is 2. The fourth-order valence-corrected chi connectivity index (χ4v) is 2.28. The van der Waals surface area contributed by atoms with Gasteiger partial charge >= 0.3 is 0 Å². The van der Waals surface area contributed by atoms with E-state index in [9.17, 15) is 4.79 Å². The molecule has 0 radical (unpaired) electrons. The molecule has 1 aliphatic heterocycles. The normalized spacial score (nSPS) is 14.7. The van der Waals surface area contributed by atoms with Gasteiger partial charge in [-0.1, -0.05) is 17.7 Å². The van der Waals surface area contributed by atoms with E-state index in [1.807, 2.05) is 31.2 Å². The summed E-state index contributed by atoms with van der Waals surface area (Å²) in [4.78, 5) is 15.4. The van der Waals surface area contributed by atoms with Crippen molar-refractivity contribution in [2.24, 2.45) is 0 Å². The number of ether oxygens (including phenoxy) is 1. The molecule has 3 rings (SSSR count). The zero-order chi connectivity index (χ0) is 14.8. The number of nitrogens with zero attached hydrogens (tertiary/aromatic N) is 1. The molecule has 0 saturated heterocycles. The first-order chi connectivity index (χ1) is 10.1. The van der Waals surface area contributed by atoms with Crippen LogP contribution in [0.4, 0.5) is 11.4 Å². The van der Waals surface area contributed by atoms with Crippen LogP contribution >= 0.6 is 11.6 Å². The molecular formula is C15H14ClN3O2. The zero-order valence-corrected chi connectivity index (χ0v) is 12.1. The van der Waals surface area contributed by atoms with Crippen LogP contribution in [0, 0.1) is 0 Å². The Hall–Kier alpha value is -2.27. The van der Waals surface area contributed by atoms with E-state index in [-0.39, 0.29) is 18.6 Å². The van der Waals surface area contributed by atoms with Crippen LogP contribution in [0.25, 0.3) is 0 Å². The van der Waals surface area contributed by atoms with E-state index in [0.717, 1.165) is 11.3 Å². The first kappa shape index (κ1) is 13.7. The largest absolute Gasteiger partial charge is 0.482 e. The lowest BCUT2D eigenvalue weighted by Gasteiger charge is -2.21. The summed E-state index contributed by atoms with van der Waals surface area (Å²) in [6, 6.07) is 9.40. The van der Waals surface area contributed by atoms with E-state index in [4.69, 9.17) is 16.3 Å². The van der Waals surface area contributed by atoms with Gasteiger partial charge in [0.25, 0.3) is 5.91 Å². The Morgan fingerprint density at radius 1 is 1.38 bits per heavy atom. The molecule has 6 heteroatoms. The van der Waals surface area contributed by atoms with Gasteiger partial charge in [-0.25, -0.2) is 4.98 Å². The molecule has 21 heavy (non-hydrogen) atoms. The van der Waals surface area contributed by atoms with Crippen LogP contribution < -0.4 is 15.4 Å². The minimum absolute atomic E-state index is 0.0529. The summed E-state index contributed by atoms with van der Waals surface area (Å²) >= 11 is 5.77. The molecule has 5 nitrogen and oxygen atoms in total. The van der Waals surface area contributed by atoms with Gasteiger partial charge in [-0.15, -0.1) is 0 Å². The summed E-state index contributed by atoms with van der Waals surface area (Å²) in [5.74, 6) is 0.556. The molecule has 0 aliphatic carbocycles. The summed E-state index contributed by atoms with van der Waals surface area (Å²) < 4.78 is 5.34. The molecule has 0 fully saturated rings. The van der Waals surface area contributed by atoms with Crippen LogP contribution in [0.3, 0.4) is 0 Å². The van der Waals surface area contributed by atoms with Crippen molar-refractivity contribution in [3.63, 3.8) is 0 Å². The SMILES string of the molecule is CC(Nc1ccc(Cl)nc1)c1ccc2c(c1)NC(=O)CO2. The molecule has 1 atom stereocenters. The summed E-state index contributed by atoms with van der Waals surface area (Å²) in [5, 5.41) is 6.59. The van der Waals surface area contributed by atoms with E-state index >= 15 is 0 Å². The molecule has 0 spiro atoms. The third-order valence-corrected chi connectivity index (χ3v) is 3.47. The molecule has 1 aliphatic rings. The molecule has 108 valence electrons. The average Bonchev–Trinajstić information content (AvgIpc) is 2.48. The highest BCUT2D eigenvalue weighted by atomic mass is 35.5. The molecule has 0 saturated carbocycles. The van der Waals surface area contributed by atoms with Crippen LogP contribution in [0.1, 0.15) is 18.5 Å². The van der Waals surface area contributed by atoms with Gasteiger partial charge in [0.05, 0.1) is 17.6 Å². The molecule has 1 aromatic heterocycles. The molecular weight excluding hydrogens is 290 g/mol. The molecule has 1 aromatic carbocycles. The Labute approximate surface area is 127 Å². The number of amides is 1. The fourth-order valence-electron chi connectivity index (χ4n) is 2.16. The summed E-state index contributed by atoms with van der Waals surface area (Å²) in [5.41, 5.74) is 2.62. The number of fused-ring (bicyclic) bond motifs is 1. The highest BCUT2D eigenvalue weighted by Crippen LogP contribution is 2.31. The standard InChI is InChI=1S/C15H14ClN3O2/c1-9(18-11-3-5-14(16)17-7-11)10-2-4-13-12(6-10)19-15(20)8-21-13/h2-7,9,18H,8H2,1H3,(H,19,20). The molecule has 1 amide bonds. The number of aromatic nitrogens is 1. The quantitative estimate of drug-likeness (QED) is 0.855. The maximum atomic E-state index is 11.4. The van der Waals surface area contributed by atoms with Crippen LogP contribution in [0.5, 0.6) is 5.75 Å². The van der Waals surface area contributed by atoms with Crippen molar-refractivity contribution < 1.29 is 9.53 Å². The summed E-state index contributed by atoms with van der Waals surface area (Å²) in [6.45, 7) is 2.10. The molecule has 0 bridgehead atoms. The van der Waals surface area contributed by atoms with Crippen molar-refractivity contribution in [1.82, 2.24) is 4.98 Å². The van der Waals surface area contributed by atoms with Crippen LogP contribution in [-0.4, -0.2) is 17.5 Å². The number of anilines is 2. The van der Waals surface area contributed by atoms with Crippen LogP contribution in [0.2, 0.25) is 5.15 Å². The summed E-state index contributed by atoms with van der Waals surface area (Å²) in [6.07, 6.45) is 1.68. The number of hydrogen-bond donors (Lipinski definition) is 2. The Morgan fingerprint density at radius 2 is 2.24 bits per heavy atom. The molecule has 2 aromatic rings. The molecule has 1 unspecified atom stereocenters. The number of rotatable bonds is 3.